The molecule has 0 heterocycles. The lowest BCUT2D eigenvalue weighted by molar-refractivity contribution is -0.162. The Morgan fingerprint density at radius 2 is 1.80 bits per heavy atom. The second-order valence-corrected chi connectivity index (χ2v) is 4.84. The van der Waals surface area contributed by atoms with E-state index in [2.05, 4.69) is 0 Å². The van der Waals surface area contributed by atoms with Crippen molar-refractivity contribution in [2.24, 2.45) is 10.8 Å². The summed E-state index contributed by atoms with van der Waals surface area (Å²) < 4.78 is 0. The van der Waals surface area contributed by atoms with Gasteiger partial charge in [-0.05, 0) is 32.6 Å². The average Bonchev–Trinajstić information content (AvgIpc) is 2.17. The highest BCUT2D eigenvalue weighted by molar-refractivity contribution is 5.79. The lowest BCUT2D eigenvalue weighted by Gasteiger charge is -2.41. The average molecular weight is 214 g/mol. The summed E-state index contributed by atoms with van der Waals surface area (Å²) in [5.41, 5.74) is -1.70. The van der Waals surface area contributed by atoms with E-state index in [4.69, 9.17) is 5.11 Å². The van der Waals surface area contributed by atoms with E-state index in [0.717, 1.165) is 0 Å². The van der Waals surface area contributed by atoms with E-state index in [1.54, 1.807) is 6.92 Å². The largest absolute Gasteiger partial charge is 0.481 e. The van der Waals surface area contributed by atoms with Crippen molar-refractivity contribution in [3.05, 3.63) is 0 Å². The van der Waals surface area contributed by atoms with Crippen LogP contribution in [0.25, 0.3) is 0 Å². The number of hydrogen-bond acceptors (Lipinski definition) is 2. The van der Waals surface area contributed by atoms with E-state index >= 15 is 0 Å². The Morgan fingerprint density at radius 3 is 2.20 bits per heavy atom. The number of rotatable bonds is 3. The molecule has 4 nitrogen and oxygen atoms in total. The van der Waals surface area contributed by atoms with Gasteiger partial charge in [0.15, 0.2) is 0 Å². The van der Waals surface area contributed by atoms with Crippen molar-refractivity contribution < 1.29 is 19.8 Å². The molecule has 0 aliphatic heterocycles. The topological polar surface area (TPSA) is 74.6 Å². The first-order valence-corrected chi connectivity index (χ1v) is 5.33. The first-order valence-electron chi connectivity index (χ1n) is 5.33. The number of aliphatic carboxylic acids is 2. The quantitative estimate of drug-likeness (QED) is 0.754. The summed E-state index contributed by atoms with van der Waals surface area (Å²) in [7, 11) is 0. The van der Waals surface area contributed by atoms with Crippen LogP contribution in [0.4, 0.5) is 0 Å². The first-order chi connectivity index (χ1) is 6.86. The summed E-state index contributed by atoms with van der Waals surface area (Å²) in [5, 5.41) is 18.3. The predicted octanol–water partition coefficient (Wildman–Crippen LogP) is 2.13. The fourth-order valence-electron chi connectivity index (χ4n) is 2.56. The second-order valence-electron chi connectivity index (χ2n) is 4.84. The van der Waals surface area contributed by atoms with Gasteiger partial charge >= 0.3 is 11.9 Å². The molecule has 0 saturated heterocycles. The summed E-state index contributed by atoms with van der Waals surface area (Å²) in [5.74, 6) is -1.72. The third kappa shape index (κ3) is 1.98. The fraction of sp³-hybridized carbons (Fsp3) is 0.818. The molecule has 0 aromatic rings. The molecular formula is C11H18O4. The fourth-order valence-corrected chi connectivity index (χ4v) is 2.56. The van der Waals surface area contributed by atoms with Crippen LogP contribution in [0.5, 0.6) is 0 Å². The molecule has 1 rings (SSSR count). The van der Waals surface area contributed by atoms with Gasteiger partial charge in [-0.3, -0.25) is 9.59 Å². The van der Waals surface area contributed by atoms with Crippen molar-refractivity contribution in [2.75, 3.05) is 0 Å². The van der Waals surface area contributed by atoms with Crippen molar-refractivity contribution >= 4 is 11.9 Å². The SMILES string of the molecule is CCC1(C(=O)O)CCCC(C)(C(=O)O)C1. The minimum Gasteiger partial charge on any atom is -0.481 e. The first kappa shape index (κ1) is 12.0. The maximum Gasteiger partial charge on any atom is 0.309 e. The lowest BCUT2D eigenvalue weighted by atomic mass is 9.61. The highest BCUT2D eigenvalue weighted by atomic mass is 16.4. The molecule has 2 atom stereocenters. The number of carbonyl (C=O) groups is 2. The molecule has 15 heavy (non-hydrogen) atoms. The summed E-state index contributed by atoms with van der Waals surface area (Å²) in [4.78, 5) is 22.3. The Morgan fingerprint density at radius 1 is 1.20 bits per heavy atom. The molecule has 0 radical (unpaired) electrons. The molecule has 1 aliphatic rings. The summed E-state index contributed by atoms with van der Waals surface area (Å²) in [6.07, 6.45) is 2.62. The third-order valence-corrected chi connectivity index (χ3v) is 3.76. The van der Waals surface area contributed by atoms with Gasteiger partial charge in [-0.2, -0.15) is 0 Å². The standard InChI is InChI=1S/C11H18O4/c1-3-11(9(14)15)6-4-5-10(2,7-11)8(12)13/h3-7H2,1-2H3,(H,12,13)(H,14,15). The highest BCUT2D eigenvalue weighted by Crippen LogP contribution is 2.48. The zero-order valence-corrected chi connectivity index (χ0v) is 9.25. The van der Waals surface area contributed by atoms with Crippen LogP contribution in [-0.4, -0.2) is 22.2 Å². The normalized spacial score (nSPS) is 36.1. The van der Waals surface area contributed by atoms with Gasteiger partial charge in [0, 0.05) is 0 Å². The van der Waals surface area contributed by atoms with Gasteiger partial charge in [0.05, 0.1) is 10.8 Å². The van der Waals surface area contributed by atoms with E-state index in [9.17, 15) is 14.7 Å². The summed E-state index contributed by atoms with van der Waals surface area (Å²) in [6.45, 7) is 3.48. The van der Waals surface area contributed by atoms with Gasteiger partial charge < -0.3 is 10.2 Å². The Labute approximate surface area is 89.3 Å². The Hall–Kier alpha value is -1.06. The van der Waals surface area contributed by atoms with E-state index in [-0.39, 0.29) is 6.42 Å². The number of carboxylic acid groups (broad SMARTS) is 2. The Bertz CT molecular complexity index is 286. The number of carboxylic acids is 2. The van der Waals surface area contributed by atoms with Crippen LogP contribution in [0, 0.1) is 10.8 Å². The van der Waals surface area contributed by atoms with Crippen LogP contribution in [0.3, 0.4) is 0 Å². The van der Waals surface area contributed by atoms with Gasteiger partial charge in [0.25, 0.3) is 0 Å². The molecule has 2 unspecified atom stereocenters. The summed E-state index contributed by atoms with van der Waals surface area (Å²) in [6, 6.07) is 0. The molecule has 2 N–H and O–H groups in total. The monoisotopic (exact) mass is 214 g/mol. The van der Waals surface area contributed by atoms with Crippen molar-refractivity contribution in [2.45, 2.75) is 46.0 Å². The van der Waals surface area contributed by atoms with Crippen molar-refractivity contribution in [3.63, 3.8) is 0 Å². The predicted molar refractivity (Wildman–Crippen MR) is 54.6 cm³/mol. The molecule has 4 heteroatoms. The van der Waals surface area contributed by atoms with E-state index in [1.807, 2.05) is 6.92 Å². The van der Waals surface area contributed by atoms with Crippen LogP contribution in [0.15, 0.2) is 0 Å². The zero-order chi connectivity index (χ0) is 11.7. The van der Waals surface area contributed by atoms with Crippen LogP contribution in [0.2, 0.25) is 0 Å². The van der Waals surface area contributed by atoms with Crippen LogP contribution < -0.4 is 0 Å². The Kier molecular flexibility index (Phi) is 3.07. The molecule has 0 spiro atoms. The second kappa shape index (κ2) is 3.83. The van der Waals surface area contributed by atoms with Gasteiger partial charge in [-0.1, -0.05) is 13.3 Å². The number of hydrogen-bond donors (Lipinski definition) is 2. The van der Waals surface area contributed by atoms with E-state index in [0.29, 0.717) is 25.7 Å². The lowest BCUT2D eigenvalue weighted by Crippen LogP contribution is -2.43. The molecule has 86 valence electrons. The zero-order valence-electron chi connectivity index (χ0n) is 9.25. The highest BCUT2D eigenvalue weighted by Gasteiger charge is 2.49. The Balaban J connectivity index is 2.96. The van der Waals surface area contributed by atoms with Crippen molar-refractivity contribution in [1.29, 1.82) is 0 Å². The van der Waals surface area contributed by atoms with Gasteiger partial charge in [-0.25, -0.2) is 0 Å². The molecule has 1 saturated carbocycles. The van der Waals surface area contributed by atoms with Crippen molar-refractivity contribution in [1.82, 2.24) is 0 Å². The van der Waals surface area contributed by atoms with E-state index < -0.39 is 22.8 Å². The van der Waals surface area contributed by atoms with Crippen LogP contribution in [-0.2, 0) is 9.59 Å². The van der Waals surface area contributed by atoms with Gasteiger partial charge in [-0.15, -0.1) is 0 Å². The van der Waals surface area contributed by atoms with Gasteiger partial charge in [0.2, 0.25) is 0 Å². The molecule has 1 fully saturated rings. The van der Waals surface area contributed by atoms with Crippen molar-refractivity contribution in [3.8, 4) is 0 Å². The maximum atomic E-state index is 11.2. The third-order valence-electron chi connectivity index (χ3n) is 3.76. The minimum absolute atomic E-state index is 0.251. The summed E-state index contributed by atoms with van der Waals surface area (Å²) >= 11 is 0. The molecule has 0 aromatic carbocycles. The molecule has 1 aliphatic carbocycles. The minimum atomic E-state index is -0.874. The molecule has 0 aromatic heterocycles. The van der Waals surface area contributed by atoms with Crippen LogP contribution in [0.1, 0.15) is 46.0 Å². The molecular weight excluding hydrogens is 196 g/mol. The smallest absolute Gasteiger partial charge is 0.309 e. The van der Waals surface area contributed by atoms with Gasteiger partial charge in [0.1, 0.15) is 0 Å². The maximum absolute atomic E-state index is 11.2. The van der Waals surface area contributed by atoms with Crippen LogP contribution >= 0.6 is 0 Å². The molecule has 0 amide bonds. The molecule has 0 bridgehead atoms. The van der Waals surface area contributed by atoms with E-state index in [1.165, 1.54) is 0 Å².